The summed E-state index contributed by atoms with van der Waals surface area (Å²) in [7, 11) is 0. The molecule has 1 aliphatic heterocycles. The average Bonchev–Trinajstić information content (AvgIpc) is 3.48. The van der Waals surface area contributed by atoms with Crippen molar-refractivity contribution >= 4 is 22.5 Å². The molecule has 4 aromatic rings. The highest BCUT2D eigenvalue weighted by atomic mass is 19.4. The van der Waals surface area contributed by atoms with E-state index in [4.69, 9.17) is 5.73 Å². The number of fused-ring (bicyclic) bond motifs is 2. The van der Waals surface area contributed by atoms with Crippen LogP contribution in [0.4, 0.5) is 13.2 Å². The van der Waals surface area contributed by atoms with E-state index in [0.717, 1.165) is 11.8 Å². The highest BCUT2D eigenvalue weighted by Crippen LogP contribution is 2.39. The summed E-state index contributed by atoms with van der Waals surface area (Å²) in [5.74, 6) is 0.105. The summed E-state index contributed by atoms with van der Waals surface area (Å²) in [6, 6.07) is 9.73. The Kier molecular flexibility index (Phi) is 6.60. The van der Waals surface area contributed by atoms with Crippen LogP contribution in [0.2, 0.25) is 0 Å². The molecule has 4 heterocycles. The van der Waals surface area contributed by atoms with Crippen molar-refractivity contribution in [2.75, 3.05) is 13.1 Å². The zero-order chi connectivity index (χ0) is 27.2. The molecule has 1 fully saturated rings. The number of hydrogen-bond acceptors (Lipinski definition) is 6. The number of nitrogens with zero attached hydrogens (tertiary/aromatic N) is 5. The van der Waals surface area contributed by atoms with Crippen molar-refractivity contribution in [2.45, 2.75) is 57.4 Å². The number of halogens is 3. The van der Waals surface area contributed by atoms with Gasteiger partial charge in [0.15, 0.2) is 11.5 Å². The van der Waals surface area contributed by atoms with E-state index in [1.165, 1.54) is 27.6 Å². The van der Waals surface area contributed by atoms with Gasteiger partial charge in [0, 0.05) is 41.8 Å². The zero-order valence-electron chi connectivity index (χ0n) is 21.5. The minimum Gasteiger partial charge on any atom is -0.347 e. The topological polar surface area (TPSA) is 101 Å². The van der Waals surface area contributed by atoms with Gasteiger partial charge in [0.05, 0.1) is 5.52 Å². The van der Waals surface area contributed by atoms with E-state index >= 15 is 0 Å². The van der Waals surface area contributed by atoms with Crippen molar-refractivity contribution in [3.63, 3.8) is 0 Å². The van der Waals surface area contributed by atoms with Gasteiger partial charge in [0.1, 0.15) is 11.7 Å². The third-order valence-electron chi connectivity index (χ3n) is 7.19. The van der Waals surface area contributed by atoms with E-state index in [1.807, 2.05) is 32.9 Å². The molecule has 1 amide bonds. The van der Waals surface area contributed by atoms with Crippen molar-refractivity contribution in [3.05, 3.63) is 59.8 Å². The minimum absolute atomic E-state index is 0.0819. The Morgan fingerprint density at radius 3 is 2.61 bits per heavy atom. The first kappa shape index (κ1) is 26.1. The van der Waals surface area contributed by atoms with Crippen molar-refractivity contribution in [3.8, 4) is 11.5 Å². The Hall–Kier alpha value is -3.57. The molecule has 0 saturated carbocycles. The molecule has 0 spiro atoms. The lowest BCUT2D eigenvalue weighted by atomic mass is 10.0. The lowest BCUT2D eigenvalue weighted by Gasteiger charge is -2.30. The van der Waals surface area contributed by atoms with Gasteiger partial charge in [-0.25, -0.2) is 4.98 Å². The monoisotopic (exact) mass is 525 g/mol. The first-order valence-electron chi connectivity index (χ1n) is 12.6. The third-order valence-corrected chi connectivity index (χ3v) is 7.19. The van der Waals surface area contributed by atoms with Gasteiger partial charge in [0.2, 0.25) is 0 Å². The maximum Gasteiger partial charge on any atom is 0.408 e. The fraction of sp³-hybridized carbons (Fsp3) is 0.407. The first-order valence-corrected chi connectivity index (χ1v) is 12.6. The largest absolute Gasteiger partial charge is 0.408 e. The van der Waals surface area contributed by atoms with Gasteiger partial charge in [0.25, 0.3) is 5.91 Å². The number of carbonyl (C=O) groups excluding carboxylic acids is 1. The molecule has 5 rings (SSSR count). The standard InChI is InChI=1S/C27H30F3N7O/c1-4-26(2,3)33-25(38)17-6-5-16-7-9-20(32-21(16)13-17)24-35-34-22-10-8-18(14-37(22)24)23(27(28,29)30)36-12-11-19(31)15-36/h5-10,13-14,19,23H,4,11-12,15,31H2,1-3H3,(H,33,38)/t19?,23-/m1/s1. The van der Waals surface area contributed by atoms with Crippen molar-refractivity contribution in [2.24, 2.45) is 5.73 Å². The number of likely N-dealkylation sites (tertiary alicyclic amines) is 1. The van der Waals surface area contributed by atoms with Crippen molar-refractivity contribution in [1.29, 1.82) is 0 Å². The van der Waals surface area contributed by atoms with Crippen molar-refractivity contribution in [1.82, 2.24) is 29.8 Å². The van der Waals surface area contributed by atoms with E-state index in [2.05, 4.69) is 20.5 Å². The Morgan fingerprint density at radius 1 is 1.16 bits per heavy atom. The van der Waals surface area contributed by atoms with Crippen LogP contribution < -0.4 is 11.1 Å². The van der Waals surface area contributed by atoms with Gasteiger partial charge < -0.3 is 11.1 Å². The number of benzene rings is 1. The summed E-state index contributed by atoms with van der Waals surface area (Å²) >= 11 is 0. The summed E-state index contributed by atoms with van der Waals surface area (Å²) in [5.41, 5.74) is 7.50. The molecule has 0 bridgehead atoms. The predicted octanol–water partition coefficient (Wildman–Crippen LogP) is 4.50. The maximum atomic E-state index is 14.2. The second-order valence-corrected chi connectivity index (χ2v) is 10.5. The van der Waals surface area contributed by atoms with Gasteiger partial charge in [-0.1, -0.05) is 25.1 Å². The Morgan fingerprint density at radius 2 is 1.92 bits per heavy atom. The minimum atomic E-state index is -4.48. The number of hydrogen-bond donors (Lipinski definition) is 2. The molecule has 1 aromatic carbocycles. The number of nitrogens with one attached hydrogen (secondary N) is 1. The number of rotatable bonds is 6. The average molecular weight is 526 g/mol. The summed E-state index contributed by atoms with van der Waals surface area (Å²) in [6.45, 7) is 6.35. The molecule has 8 nitrogen and oxygen atoms in total. The third kappa shape index (κ3) is 5.08. The number of aromatic nitrogens is 4. The van der Waals surface area contributed by atoms with Crippen LogP contribution in [0.5, 0.6) is 0 Å². The summed E-state index contributed by atoms with van der Waals surface area (Å²) in [6.07, 6.45) is -1.76. The van der Waals surface area contributed by atoms with Gasteiger partial charge in [-0.2, -0.15) is 13.2 Å². The Bertz CT molecular complexity index is 1500. The van der Waals surface area contributed by atoms with Crippen LogP contribution in [0, 0.1) is 0 Å². The molecule has 1 saturated heterocycles. The van der Waals surface area contributed by atoms with Crippen LogP contribution in [-0.4, -0.2) is 61.2 Å². The molecule has 3 N–H and O–H groups in total. The van der Waals surface area contributed by atoms with Gasteiger partial charge in [-0.05, 0) is 56.5 Å². The molecule has 200 valence electrons. The fourth-order valence-corrected chi connectivity index (χ4v) is 4.75. The lowest BCUT2D eigenvalue weighted by molar-refractivity contribution is -0.183. The van der Waals surface area contributed by atoms with E-state index in [-0.39, 0.29) is 36.1 Å². The number of amides is 1. The fourth-order valence-electron chi connectivity index (χ4n) is 4.75. The summed E-state index contributed by atoms with van der Waals surface area (Å²) in [4.78, 5) is 18.9. The van der Waals surface area contributed by atoms with E-state index in [0.29, 0.717) is 34.7 Å². The maximum absolute atomic E-state index is 14.2. The van der Waals surface area contributed by atoms with Gasteiger partial charge >= 0.3 is 6.18 Å². The lowest BCUT2D eigenvalue weighted by Crippen LogP contribution is -2.42. The highest BCUT2D eigenvalue weighted by molar-refractivity contribution is 5.98. The SMILES string of the molecule is CCC(C)(C)NC(=O)c1ccc2ccc(-c3nnc4ccc([C@@H](N5CCC(N)C5)C(F)(F)F)cn34)nc2c1. The molecule has 0 aliphatic carbocycles. The van der Waals surface area contributed by atoms with E-state index in [1.54, 1.807) is 18.2 Å². The summed E-state index contributed by atoms with van der Waals surface area (Å²) < 4.78 is 44.0. The zero-order valence-corrected chi connectivity index (χ0v) is 21.5. The molecule has 1 aliphatic rings. The van der Waals surface area contributed by atoms with Crippen LogP contribution in [0.3, 0.4) is 0 Å². The van der Waals surface area contributed by atoms with Crippen LogP contribution in [-0.2, 0) is 0 Å². The molecular formula is C27H30F3N7O. The molecule has 11 heteroatoms. The number of nitrogens with two attached hydrogens (primary N) is 1. The smallest absolute Gasteiger partial charge is 0.347 e. The second kappa shape index (κ2) is 9.63. The van der Waals surface area contributed by atoms with E-state index in [9.17, 15) is 18.0 Å². The Labute approximate surface area is 218 Å². The van der Waals surface area contributed by atoms with Gasteiger partial charge in [-0.15, -0.1) is 10.2 Å². The molecule has 0 radical (unpaired) electrons. The normalized spacial score (nSPS) is 17.8. The molecule has 2 atom stereocenters. The quantitative estimate of drug-likeness (QED) is 0.385. The Balaban J connectivity index is 1.53. The molecule has 38 heavy (non-hydrogen) atoms. The predicted molar refractivity (Wildman–Crippen MR) is 139 cm³/mol. The number of alkyl halides is 3. The molecule has 3 aromatic heterocycles. The second-order valence-electron chi connectivity index (χ2n) is 10.5. The number of pyridine rings is 2. The van der Waals surface area contributed by atoms with Crippen LogP contribution in [0.25, 0.3) is 28.1 Å². The highest BCUT2D eigenvalue weighted by Gasteiger charge is 2.46. The van der Waals surface area contributed by atoms with Gasteiger partial charge in [-0.3, -0.25) is 14.1 Å². The van der Waals surface area contributed by atoms with Crippen molar-refractivity contribution < 1.29 is 18.0 Å². The van der Waals surface area contributed by atoms with Crippen LogP contribution in [0.15, 0.2) is 48.7 Å². The first-order chi connectivity index (χ1) is 17.9. The van der Waals surface area contributed by atoms with Crippen LogP contribution >= 0.6 is 0 Å². The molecular weight excluding hydrogens is 495 g/mol. The summed E-state index contributed by atoms with van der Waals surface area (Å²) in [5, 5.41) is 12.2. The number of carbonyl (C=O) groups is 1. The van der Waals surface area contributed by atoms with Crippen LogP contribution in [0.1, 0.15) is 55.6 Å². The molecule has 1 unspecified atom stereocenters. The van der Waals surface area contributed by atoms with E-state index < -0.39 is 12.2 Å².